The van der Waals surface area contributed by atoms with Crippen LogP contribution < -0.4 is 10.6 Å². The van der Waals surface area contributed by atoms with Crippen molar-refractivity contribution in [2.24, 2.45) is 23.7 Å². The number of carbonyl (C=O) groups is 7. The average molecular weight is 786 g/mol. The van der Waals surface area contributed by atoms with Crippen molar-refractivity contribution in [1.29, 1.82) is 0 Å². The first-order chi connectivity index (χ1) is 26.3. The van der Waals surface area contributed by atoms with E-state index in [1.165, 1.54) is 30.9 Å². The summed E-state index contributed by atoms with van der Waals surface area (Å²) in [6, 6.07) is 4.92. The quantitative estimate of drug-likeness (QED) is 0.105. The molecule has 1 aromatic rings. The fourth-order valence-electron chi connectivity index (χ4n) is 7.13. The predicted molar refractivity (Wildman–Crippen MR) is 214 cm³/mol. The maximum absolute atomic E-state index is 14.0. The maximum atomic E-state index is 14.0. The van der Waals surface area contributed by atoms with Crippen molar-refractivity contribution in [3.8, 4) is 0 Å². The number of amides is 5. The van der Waals surface area contributed by atoms with E-state index in [0.717, 1.165) is 18.5 Å². The molecule has 5 amide bonds. The maximum Gasteiger partial charge on any atom is 0.410 e. The van der Waals surface area contributed by atoms with Crippen molar-refractivity contribution in [3.63, 3.8) is 0 Å². The number of likely N-dealkylation sites (tertiary alicyclic amines) is 1. The summed E-state index contributed by atoms with van der Waals surface area (Å²) in [5.41, 5.74) is 1.44. The van der Waals surface area contributed by atoms with Crippen molar-refractivity contribution in [2.45, 2.75) is 131 Å². The lowest BCUT2D eigenvalue weighted by Crippen LogP contribution is -2.60. The van der Waals surface area contributed by atoms with Crippen LogP contribution in [0.25, 0.3) is 0 Å². The lowest BCUT2D eigenvalue weighted by atomic mass is 9.89. The molecular formula is C42H67N5O9. The van der Waals surface area contributed by atoms with Gasteiger partial charge in [-0.3, -0.25) is 38.6 Å². The SMILES string of the molecule is CC[C@H](C)[C@@H]([C@@H](CC(C)=O)OC)N(C)C(=O)[C@@H](NC(=O)[C@H](C(C)C)N(C)C(=O)OCc1ccc(NCC(=O)CCCCCN2C(=O)CC(C)C2=O)cc1)C(C)C. The second-order valence-electron chi connectivity index (χ2n) is 16.0. The van der Waals surface area contributed by atoms with Gasteiger partial charge in [-0.15, -0.1) is 0 Å². The molecule has 1 aromatic carbocycles. The topological polar surface area (TPSA) is 172 Å². The monoisotopic (exact) mass is 785 g/mol. The average Bonchev–Trinajstić information content (AvgIpc) is 3.39. The van der Waals surface area contributed by atoms with E-state index in [-0.39, 0.29) is 79.0 Å². The molecule has 314 valence electrons. The number of nitrogens with zero attached hydrogens (tertiary/aromatic N) is 3. The molecule has 0 radical (unpaired) electrons. The number of anilines is 1. The fraction of sp³-hybridized carbons (Fsp3) is 0.690. The normalized spacial score (nSPS) is 16.9. The van der Waals surface area contributed by atoms with Crippen molar-refractivity contribution in [3.05, 3.63) is 29.8 Å². The molecule has 1 aliphatic heterocycles. The van der Waals surface area contributed by atoms with Gasteiger partial charge >= 0.3 is 6.09 Å². The Morgan fingerprint density at radius 3 is 2.09 bits per heavy atom. The number of likely N-dealkylation sites (N-methyl/N-ethyl adjacent to an activating group) is 2. The van der Waals surface area contributed by atoms with E-state index in [1.54, 1.807) is 43.1 Å². The minimum absolute atomic E-state index is 0.0174. The number of Topliss-reactive ketones (excluding diaryl/α,β-unsaturated/α-hetero) is 2. The number of hydrogen-bond donors (Lipinski definition) is 2. The van der Waals surface area contributed by atoms with Gasteiger partial charge in [-0.05, 0) is 55.2 Å². The lowest BCUT2D eigenvalue weighted by molar-refractivity contribution is -0.144. The van der Waals surface area contributed by atoms with Crippen LogP contribution in [0.1, 0.15) is 106 Å². The Balaban J connectivity index is 1.92. The van der Waals surface area contributed by atoms with Gasteiger partial charge in [-0.1, -0.05) is 73.4 Å². The van der Waals surface area contributed by atoms with Crippen LogP contribution in [0.5, 0.6) is 0 Å². The van der Waals surface area contributed by atoms with Crippen LogP contribution in [0.4, 0.5) is 10.5 Å². The van der Waals surface area contributed by atoms with Crippen LogP contribution in [0.15, 0.2) is 24.3 Å². The third-order valence-corrected chi connectivity index (χ3v) is 10.6. The Morgan fingerprint density at radius 2 is 1.57 bits per heavy atom. The zero-order chi connectivity index (χ0) is 42.3. The molecule has 2 rings (SSSR count). The van der Waals surface area contributed by atoms with Gasteiger partial charge in [0.2, 0.25) is 23.6 Å². The molecule has 0 aliphatic carbocycles. The summed E-state index contributed by atoms with van der Waals surface area (Å²) in [4.78, 5) is 93.6. The highest BCUT2D eigenvalue weighted by Crippen LogP contribution is 2.24. The molecule has 1 unspecified atom stereocenters. The second-order valence-corrected chi connectivity index (χ2v) is 16.0. The van der Waals surface area contributed by atoms with Gasteiger partial charge in [-0.2, -0.15) is 0 Å². The van der Waals surface area contributed by atoms with Gasteiger partial charge in [0, 0.05) is 58.6 Å². The summed E-state index contributed by atoms with van der Waals surface area (Å²) in [5.74, 6) is -1.83. The minimum atomic E-state index is -0.928. The van der Waals surface area contributed by atoms with Crippen LogP contribution in [-0.4, -0.2) is 115 Å². The van der Waals surface area contributed by atoms with E-state index in [4.69, 9.17) is 9.47 Å². The molecule has 0 saturated carbocycles. The minimum Gasteiger partial charge on any atom is -0.445 e. The van der Waals surface area contributed by atoms with Crippen LogP contribution >= 0.6 is 0 Å². The highest BCUT2D eigenvalue weighted by atomic mass is 16.6. The predicted octanol–water partition coefficient (Wildman–Crippen LogP) is 5.22. The van der Waals surface area contributed by atoms with Crippen molar-refractivity contribution in [1.82, 2.24) is 20.0 Å². The Labute approximate surface area is 333 Å². The molecule has 0 aromatic heterocycles. The van der Waals surface area contributed by atoms with Crippen LogP contribution in [-0.2, 0) is 44.8 Å². The smallest absolute Gasteiger partial charge is 0.410 e. The second kappa shape index (κ2) is 23.0. The molecule has 6 atom stereocenters. The van der Waals surface area contributed by atoms with E-state index in [9.17, 15) is 33.6 Å². The van der Waals surface area contributed by atoms with E-state index < -0.39 is 36.2 Å². The molecule has 14 heteroatoms. The molecule has 1 saturated heterocycles. The number of methoxy groups -OCH3 is 1. The van der Waals surface area contributed by atoms with Gasteiger partial charge in [0.15, 0.2) is 5.78 Å². The van der Waals surface area contributed by atoms with E-state index in [2.05, 4.69) is 10.6 Å². The van der Waals surface area contributed by atoms with Gasteiger partial charge in [-0.25, -0.2) is 4.79 Å². The number of rotatable bonds is 24. The van der Waals surface area contributed by atoms with Crippen molar-refractivity contribution >= 4 is 47.0 Å². The van der Waals surface area contributed by atoms with Crippen LogP contribution in [0.3, 0.4) is 0 Å². The zero-order valence-corrected chi connectivity index (χ0v) is 35.5. The fourth-order valence-corrected chi connectivity index (χ4v) is 7.13. The summed E-state index contributed by atoms with van der Waals surface area (Å²) in [6.45, 7) is 15.1. The van der Waals surface area contributed by atoms with Gasteiger partial charge < -0.3 is 25.0 Å². The number of benzene rings is 1. The highest BCUT2D eigenvalue weighted by molar-refractivity contribution is 6.03. The van der Waals surface area contributed by atoms with E-state index >= 15 is 0 Å². The molecule has 0 spiro atoms. The number of ether oxygens (including phenoxy) is 2. The summed E-state index contributed by atoms with van der Waals surface area (Å²) in [6.07, 6.45) is 2.47. The summed E-state index contributed by atoms with van der Waals surface area (Å²) < 4.78 is 11.3. The highest BCUT2D eigenvalue weighted by Gasteiger charge is 2.39. The van der Waals surface area contributed by atoms with Crippen LogP contribution in [0, 0.1) is 23.7 Å². The Hall–Kier alpha value is -4.33. The largest absolute Gasteiger partial charge is 0.445 e. The first-order valence-corrected chi connectivity index (χ1v) is 20.0. The van der Waals surface area contributed by atoms with Gasteiger partial charge in [0.1, 0.15) is 24.5 Å². The molecule has 0 bridgehead atoms. The molecule has 14 nitrogen and oxygen atoms in total. The molecule has 1 aliphatic rings. The molecule has 1 heterocycles. The summed E-state index contributed by atoms with van der Waals surface area (Å²) in [7, 11) is 4.70. The molecule has 1 fully saturated rings. The first-order valence-electron chi connectivity index (χ1n) is 20.0. The number of hydrogen-bond acceptors (Lipinski definition) is 10. The van der Waals surface area contributed by atoms with E-state index in [1.807, 2.05) is 41.5 Å². The number of nitrogens with one attached hydrogen (secondary N) is 2. The zero-order valence-electron chi connectivity index (χ0n) is 35.5. The lowest BCUT2D eigenvalue weighted by Gasteiger charge is -2.40. The summed E-state index contributed by atoms with van der Waals surface area (Å²) >= 11 is 0. The Kier molecular flexibility index (Phi) is 19.7. The Morgan fingerprint density at radius 1 is 0.929 bits per heavy atom. The Bertz CT molecular complexity index is 1500. The van der Waals surface area contributed by atoms with Crippen molar-refractivity contribution < 1.29 is 43.0 Å². The standard InChI is InChI=1S/C42H67N5O9/c1-12-28(6)38(34(55-11)23-30(8)48)45(9)41(53)36(26(2)3)44-39(51)37(27(4)5)46(10)42(54)56-25-31-17-19-32(20-18-31)43-24-33(49)16-14-13-15-21-47-35(50)22-29(7)40(47)52/h17-20,26-29,34,36-38,43H,12-16,21-25H2,1-11H3,(H,44,51)/t28-,29?,34+,36-,37-,38-/m0/s1. The third-order valence-electron chi connectivity index (χ3n) is 10.6. The number of unbranched alkanes of at least 4 members (excludes halogenated alkanes) is 2. The van der Waals surface area contributed by atoms with E-state index in [0.29, 0.717) is 31.4 Å². The number of carbonyl (C=O) groups excluding carboxylic acids is 7. The molecule has 56 heavy (non-hydrogen) atoms. The number of imide groups is 1. The van der Waals surface area contributed by atoms with Crippen LogP contribution in [0.2, 0.25) is 0 Å². The number of ketones is 2. The molecule has 2 N–H and O–H groups in total. The van der Waals surface area contributed by atoms with Gasteiger partial charge in [0.05, 0.1) is 18.7 Å². The third kappa shape index (κ3) is 14.0. The molecular weight excluding hydrogens is 718 g/mol. The first kappa shape index (κ1) is 47.8. The summed E-state index contributed by atoms with van der Waals surface area (Å²) in [5, 5.41) is 6.02. The van der Waals surface area contributed by atoms with Crippen molar-refractivity contribution in [2.75, 3.05) is 39.6 Å². The van der Waals surface area contributed by atoms with Gasteiger partial charge in [0.25, 0.3) is 0 Å².